The first kappa shape index (κ1) is 18.9. The molecular formula is C21H20FN3O4. The number of benzene rings is 2. The highest BCUT2D eigenvalue weighted by atomic mass is 19.1. The van der Waals surface area contributed by atoms with Gasteiger partial charge in [0.1, 0.15) is 17.3 Å². The summed E-state index contributed by atoms with van der Waals surface area (Å²) >= 11 is 0. The van der Waals surface area contributed by atoms with Crippen molar-refractivity contribution in [1.82, 2.24) is 10.1 Å². The van der Waals surface area contributed by atoms with Crippen LogP contribution >= 0.6 is 0 Å². The lowest BCUT2D eigenvalue weighted by molar-refractivity contribution is -0.117. The highest BCUT2D eigenvalue weighted by Gasteiger charge is 2.35. The number of halogens is 1. The minimum Gasteiger partial charge on any atom is -0.497 e. The predicted octanol–water partition coefficient (Wildman–Crippen LogP) is 3.72. The number of hydrogen-bond acceptors (Lipinski definition) is 6. The van der Waals surface area contributed by atoms with Crippen LogP contribution in [0, 0.1) is 12.7 Å². The van der Waals surface area contributed by atoms with Gasteiger partial charge in [0.15, 0.2) is 5.82 Å². The average Bonchev–Trinajstić information content (AvgIpc) is 3.36. The number of ether oxygens (including phenoxy) is 2. The SMILES string of the molecule is COc1cc(OC)cc(-c2nc(C3CC(=O)N(c4cc(F)ccc4C)C3)no2)c1. The average molecular weight is 397 g/mol. The fourth-order valence-electron chi connectivity index (χ4n) is 3.44. The maximum atomic E-state index is 13.7. The number of aryl methyl sites for hydroxylation is 1. The van der Waals surface area contributed by atoms with E-state index in [0.29, 0.717) is 41.0 Å². The summed E-state index contributed by atoms with van der Waals surface area (Å²) in [5, 5.41) is 4.07. The largest absolute Gasteiger partial charge is 0.497 e. The Bertz CT molecular complexity index is 1040. The van der Waals surface area contributed by atoms with Gasteiger partial charge >= 0.3 is 0 Å². The zero-order chi connectivity index (χ0) is 20.5. The van der Waals surface area contributed by atoms with E-state index in [9.17, 15) is 9.18 Å². The molecule has 2 aromatic carbocycles. The monoisotopic (exact) mass is 397 g/mol. The van der Waals surface area contributed by atoms with Crippen LogP contribution in [0.5, 0.6) is 11.5 Å². The number of carbonyl (C=O) groups excluding carboxylic acids is 1. The number of nitrogens with zero attached hydrogens (tertiary/aromatic N) is 3. The van der Waals surface area contributed by atoms with Crippen molar-refractivity contribution in [2.75, 3.05) is 25.7 Å². The number of rotatable bonds is 5. The number of carbonyl (C=O) groups is 1. The molecule has 150 valence electrons. The number of methoxy groups -OCH3 is 2. The molecule has 1 fully saturated rings. The Morgan fingerprint density at radius 1 is 1.14 bits per heavy atom. The van der Waals surface area contributed by atoms with Gasteiger partial charge in [0.2, 0.25) is 5.91 Å². The summed E-state index contributed by atoms with van der Waals surface area (Å²) < 4.78 is 29.6. The normalized spacial score (nSPS) is 16.3. The van der Waals surface area contributed by atoms with Crippen LogP contribution in [0.25, 0.3) is 11.5 Å². The van der Waals surface area contributed by atoms with Crippen LogP contribution in [-0.4, -0.2) is 36.8 Å². The van der Waals surface area contributed by atoms with Gasteiger partial charge in [-0.05, 0) is 36.8 Å². The maximum Gasteiger partial charge on any atom is 0.258 e. The molecule has 7 nitrogen and oxygen atoms in total. The third kappa shape index (κ3) is 3.65. The van der Waals surface area contributed by atoms with Crippen LogP contribution in [0.2, 0.25) is 0 Å². The molecule has 0 spiro atoms. The molecule has 0 radical (unpaired) electrons. The van der Waals surface area contributed by atoms with Crippen molar-refractivity contribution in [3.05, 3.63) is 53.6 Å². The van der Waals surface area contributed by atoms with Crippen LogP contribution in [0.3, 0.4) is 0 Å². The molecule has 0 saturated carbocycles. The van der Waals surface area contributed by atoms with E-state index in [2.05, 4.69) is 10.1 Å². The first-order chi connectivity index (χ1) is 14.0. The number of hydrogen-bond donors (Lipinski definition) is 0. The molecule has 0 aliphatic carbocycles. The van der Waals surface area contributed by atoms with Crippen molar-refractivity contribution in [1.29, 1.82) is 0 Å². The molecule has 1 atom stereocenters. The molecule has 8 heteroatoms. The van der Waals surface area contributed by atoms with Gasteiger partial charge in [-0.3, -0.25) is 4.79 Å². The summed E-state index contributed by atoms with van der Waals surface area (Å²) in [6.07, 6.45) is 0.232. The quantitative estimate of drug-likeness (QED) is 0.653. The summed E-state index contributed by atoms with van der Waals surface area (Å²) in [6.45, 7) is 2.21. The summed E-state index contributed by atoms with van der Waals surface area (Å²) in [6, 6.07) is 9.69. The summed E-state index contributed by atoms with van der Waals surface area (Å²) in [5.41, 5.74) is 2.05. The van der Waals surface area contributed by atoms with Crippen molar-refractivity contribution < 1.29 is 23.2 Å². The second-order valence-electron chi connectivity index (χ2n) is 6.90. The van der Waals surface area contributed by atoms with E-state index in [1.54, 1.807) is 43.4 Å². The molecule has 1 amide bonds. The topological polar surface area (TPSA) is 77.7 Å². The summed E-state index contributed by atoms with van der Waals surface area (Å²) in [5.74, 6) is 1.23. The Labute approximate surface area is 167 Å². The Morgan fingerprint density at radius 2 is 1.86 bits per heavy atom. The van der Waals surface area contributed by atoms with Crippen LogP contribution in [0.1, 0.15) is 23.7 Å². The van der Waals surface area contributed by atoms with Gasteiger partial charge in [-0.25, -0.2) is 4.39 Å². The molecule has 0 N–H and O–H groups in total. The van der Waals surface area contributed by atoms with Gasteiger partial charge in [-0.15, -0.1) is 0 Å². The molecular weight excluding hydrogens is 377 g/mol. The highest BCUT2D eigenvalue weighted by molar-refractivity contribution is 5.97. The summed E-state index contributed by atoms with van der Waals surface area (Å²) in [4.78, 5) is 18.6. The van der Waals surface area contributed by atoms with Crippen molar-refractivity contribution in [2.45, 2.75) is 19.3 Å². The number of anilines is 1. The van der Waals surface area contributed by atoms with Crippen molar-refractivity contribution in [3.8, 4) is 23.0 Å². The van der Waals surface area contributed by atoms with E-state index < -0.39 is 0 Å². The molecule has 1 aliphatic heterocycles. The molecule has 3 aromatic rings. The van der Waals surface area contributed by atoms with Crippen molar-refractivity contribution in [3.63, 3.8) is 0 Å². The smallest absolute Gasteiger partial charge is 0.258 e. The third-order valence-electron chi connectivity index (χ3n) is 4.99. The van der Waals surface area contributed by atoms with Crippen molar-refractivity contribution >= 4 is 11.6 Å². The van der Waals surface area contributed by atoms with E-state index in [1.165, 1.54) is 12.1 Å². The Balaban J connectivity index is 1.59. The van der Waals surface area contributed by atoms with Gasteiger partial charge in [-0.1, -0.05) is 11.2 Å². The Kier molecular flexibility index (Phi) is 4.92. The van der Waals surface area contributed by atoms with Crippen LogP contribution in [0.15, 0.2) is 40.9 Å². The lowest BCUT2D eigenvalue weighted by Crippen LogP contribution is -2.25. The molecule has 2 heterocycles. The zero-order valence-electron chi connectivity index (χ0n) is 16.3. The van der Waals surface area contributed by atoms with Crippen LogP contribution in [-0.2, 0) is 4.79 Å². The second-order valence-corrected chi connectivity index (χ2v) is 6.90. The standard InChI is InChI=1S/C21H20FN3O4/c1-12-4-5-15(22)9-18(12)25-11-14(8-19(25)26)20-23-21(29-24-20)13-6-16(27-2)10-17(7-13)28-3/h4-7,9-10,14H,8,11H2,1-3H3. The van der Waals surface area contributed by atoms with Gasteiger partial charge in [-0.2, -0.15) is 4.98 Å². The maximum absolute atomic E-state index is 13.7. The fourth-order valence-corrected chi connectivity index (χ4v) is 3.44. The molecule has 1 saturated heterocycles. The molecule has 29 heavy (non-hydrogen) atoms. The van der Waals surface area contributed by atoms with Crippen molar-refractivity contribution in [2.24, 2.45) is 0 Å². The zero-order valence-corrected chi connectivity index (χ0v) is 16.3. The first-order valence-corrected chi connectivity index (χ1v) is 9.12. The minimum atomic E-state index is -0.379. The highest BCUT2D eigenvalue weighted by Crippen LogP contribution is 2.34. The third-order valence-corrected chi connectivity index (χ3v) is 4.99. The number of aromatic nitrogens is 2. The van der Waals surface area contributed by atoms with Crippen LogP contribution < -0.4 is 14.4 Å². The molecule has 0 bridgehead atoms. The lowest BCUT2D eigenvalue weighted by atomic mass is 10.1. The van der Waals surface area contributed by atoms with E-state index in [0.717, 1.165) is 5.56 Å². The fraction of sp³-hybridized carbons (Fsp3) is 0.286. The number of amides is 1. The minimum absolute atomic E-state index is 0.0990. The first-order valence-electron chi connectivity index (χ1n) is 9.12. The Hall–Kier alpha value is -3.42. The lowest BCUT2D eigenvalue weighted by Gasteiger charge is -2.18. The van der Waals surface area contributed by atoms with Gasteiger partial charge in [0.25, 0.3) is 5.89 Å². The predicted molar refractivity (Wildman–Crippen MR) is 104 cm³/mol. The molecule has 1 aliphatic rings. The summed E-state index contributed by atoms with van der Waals surface area (Å²) in [7, 11) is 3.12. The second kappa shape index (κ2) is 7.54. The van der Waals surface area contributed by atoms with E-state index in [1.807, 2.05) is 6.92 Å². The molecule has 1 unspecified atom stereocenters. The molecule has 4 rings (SSSR count). The van der Waals surface area contributed by atoms with Gasteiger partial charge in [0, 0.05) is 36.2 Å². The molecule has 1 aromatic heterocycles. The Morgan fingerprint density at radius 3 is 2.55 bits per heavy atom. The van der Waals surface area contributed by atoms with E-state index in [4.69, 9.17) is 14.0 Å². The van der Waals surface area contributed by atoms with Gasteiger partial charge in [0.05, 0.1) is 14.2 Å². The van der Waals surface area contributed by atoms with E-state index >= 15 is 0 Å². The van der Waals surface area contributed by atoms with E-state index in [-0.39, 0.29) is 24.1 Å². The van der Waals surface area contributed by atoms with Gasteiger partial charge < -0.3 is 18.9 Å². The van der Waals surface area contributed by atoms with Crippen LogP contribution in [0.4, 0.5) is 10.1 Å².